The van der Waals surface area contributed by atoms with Crippen molar-refractivity contribution in [2.45, 2.75) is 63.8 Å². The number of aryl methyl sites for hydroxylation is 1. The van der Waals surface area contributed by atoms with E-state index in [-0.39, 0.29) is 29.6 Å². The highest BCUT2D eigenvalue weighted by atomic mass is 32.1. The lowest BCUT2D eigenvalue weighted by molar-refractivity contribution is -0.121. The first-order chi connectivity index (χ1) is 29.8. The number of thiazole rings is 1. The number of hydrogen-bond acceptors (Lipinski definition) is 10. The number of nitrogens with one attached hydrogen (secondary N) is 2. The van der Waals surface area contributed by atoms with Gasteiger partial charge in [-0.1, -0.05) is 24.3 Å². The van der Waals surface area contributed by atoms with Gasteiger partial charge in [-0.2, -0.15) is 0 Å². The van der Waals surface area contributed by atoms with Crippen LogP contribution in [0.3, 0.4) is 0 Å². The number of imide groups is 1. The summed E-state index contributed by atoms with van der Waals surface area (Å²) in [5, 5.41) is 7.46. The zero-order valence-corrected chi connectivity index (χ0v) is 34.6. The lowest BCUT2D eigenvalue weighted by atomic mass is 9.99. The molecule has 0 bridgehead atoms. The van der Waals surface area contributed by atoms with E-state index >= 15 is 4.39 Å². The van der Waals surface area contributed by atoms with Crippen LogP contribution in [-0.2, 0) is 35.6 Å². The highest BCUT2D eigenvalue weighted by Gasteiger charge is 2.42. The summed E-state index contributed by atoms with van der Waals surface area (Å²) in [6.45, 7) is 7.80. The van der Waals surface area contributed by atoms with Gasteiger partial charge in [0, 0.05) is 98.0 Å². The van der Waals surface area contributed by atoms with E-state index in [2.05, 4.69) is 59.6 Å². The number of nitrogens with zero attached hydrogens (tertiary/aromatic N) is 8. The van der Waals surface area contributed by atoms with Gasteiger partial charge in [-0.25, -0.2) is 19.2 Å². The average molecular weight is 843 g/mol. The van der Waals surface area contributed by atoms with Crippen LogP contribution in [0, 0.1) is 5.82 Å². The first-order valence-corrected chi connectivity index (χ1v) is 22.0. The second-order valence-corrected chi connectivity index (χ2v) is 17.4. The second-order valence-electron chi connectivity index (χ2n) is 16.5. The van der Waals surface area contributed by atoms with Crippen molar-refractivity contribution < 1.29 is 23.6 Å². The largest absolute Gasteiger partial charge is 0.369 e. The fourth-order valence-electron chi connectivity index (χ4n) is 9.71. The number of likely N-dealkylation sites (tertiary alicyclic amines) is 1. The van der Waals surface area contributed by atoms with Crippen LogP contribution in [0.25, 0.3) is 11.1 Å². The molecule has 1 unspecified atom stereocenters. The molecule has 5 aliphatic heterocycles. The molecule has 3 aromatic carbocycles. The molecule has 2 aromatic heterocycles. The number of benzene rings is 3. The summed E-state index contributed by atoms with van der Waals surface area (Å²) in [6, 6.07) is 18.6. The van der Waals surface area contributed by atoms with Gasteiger partial charge in [-0.15, -0.1) is 11.3 Å². The predicted octanol–water partition coefficient (Wildman–Crippen LogP) is 5.66. The van der Waals surface area contributed by atoms with Gasteiger partial charge in [0.05, 0.1) is 18.6 Å². The van der Waals surface area contributed by atoms with Gasteiger partial charge >= 0.3 is 6.03 Å². The number of rotatable bonds is 10. The van der Waals surface area contributed by atoms with Crippen molar-refractivity contribution in [2.75, 3.05) is 60.9 Å². The molecule has 14 nitrogen and oxygen atoms in total. The van der Waals surface area contributed by atoms with Crippen molar-refractivity contribution >= 4 is 51.6 Å². The van der Waals surface area contributed by atoms with Gasteiger partial charge in [-0.05, 0) is 91.9 Å². The van der Waals surface area contributed by atoms with Crippen molar-refractivity contribution in [3.8, 4) is 11.1 Å². The number of halogens is 1. The fourth-order valence-corrected chi connectivity index (χ4v) is 10.2. The molecule has 0 spiro atoms. The molecule has 0 saturated carbocycles. The van der Waals surface area contributed by atoms with Gasteiger partial charge in [0.15, 0.2) is 11.2 Å². The van der Waals surface area contributed by atoms with E-state index in [1.807, 2.05) is 28.8 Å². The highest BCUT2D eigenvalue weighted by Crippen LogP contribution is 2.38. The Bertz CT molecular complexity index is 2480. The van der Waals surface area contributed by atoms with Crippen LogP contribution in [0.4, 0.5) is 25.7 Å². The summed E-state index contributed by atoms with van der Waals surface area (Å²) < 4.78 is 18.0. The van der Waals surface area contributed by atoms with Crippen molar-refractivity contribution in [1.82, 2.24) is 34.6 Å². The predicted molar refractivity (Wildman–Crippen MR) is 230 cm³/mol. The Morgan fingerprint density at radius 2 is 1.70 bits per heavy atom. The Hall–Kier alpha value is -5.97. The maximum absolute atomic E-state index is 16.0. The van der Waals surface area contributed by atoms with Crippen LogP contribution >= 0.6 is 11.3 Å². The lowest BCUT2D eigenvalue weighted by Gasteiger charge is -2.43. The third kappa shape index (κ3) is 7.79. The molecule has 2 N–H and O–H groups in total. The van der Waals surface area contributed by atoms with E-state index in [9.17, 15) is 19.2 Å². The number of aromatic nitrogens is 3. The Kier molecular flexibility index (Phi) is 10.6. The summed E-state index contributed by atoms with van der Waals surface area (Å²) in [5.41, 5.74) is 6.52. The summed E-state index contributed by atoms with van der Waals surface area (Å²) in [7, 11) is 0. The van der Waals surface area contributed by atoms with E-state index in [0.29, 0.717) is 35.4 Å². The summed E-state index contributed by atoms with van der Waals surface area (Å²) in [5.74, 6) is -1.52. The average Bonchev–Trinajstić information content (AvgIpc) is 4.10. The molecule has 0 aliphatic carbocycles. The molecule has 3 fully saturated rings. The maximum Gasteiger partial charge on any atom is 0.328 e. The molecular formula is C45H47FN10O4S. The minimum Gasteiger partial charge on any atom is -0.369 e. The van der Waals surface area contributed by atoms with Crippen LogP contribution in [0.15, 0.2) is 78.6 Å². The maximum atomic E-state index is 16.0. The number of piperazine rings is 1. The minimum atomic E-state index is -1.03. The molecule has 16 heteroatoms. The first kappa shape index (κ1) is 39.2. The number of carbonyl (C=O) groups excluding carboxylic acids is 4. The molecule has 0 radical (unpaired) electrons. The molecule has 5 aliphatic rings. The molecule has 5 aromatic rings. The van der Waals surface area contributed by atoms with Crippen LogP contribution in [0.2, 0.25) is 0 Å². The van der Waals surface area contributed by atoms with Crippen molar-refractivity contribution in [1.29, 1.82) is 0 Å². The van der Waals surface area contributed by atoms with E-state index in [4.69, 9.17) is 0 Å². The number of fused-ring (bicyclic) bond motifs is 2. The van der Waals surface area contributed by atoms with Gasteiger partial charge in [0.2, 0.25) is 5.91 Å². The monoisotopic (exact) mass is 842 g/mol. The molecular weight excluding hydrogens is 796 g/mol. The molecule has 5 amide bonds. The summed E-state index contributed by atoms with van der Waals surface area (Å²) >= 11 is 1.29. The third-order valence-electron chi connectivity index (χ3n) is 12.9. The summed E-state index contributed by atoms with van der Waals surface area (Å²) in [6.07, 6.45) is 7.53. The first-order valence-electron chi connectivity index (χ1n) is 21.2. The van der Waals surface area contributed by atoms with Crippen molar-refractivity contribution in [2.24, 2.45) is 0 Å². The molecule has 61 heavy (non-hydrogen) atoms. The van der Waals surface area contributed by atoms with E-state index < -0.39 is 23.7 Å². The molecule has 314 valence electrons. The zero-order valence-electron chi connectivity index (χ0n) is 33.8. The van der Waals surface area contributed by atoms with E-state index in [0.717, 1.165) is 106 Å². The number of anilines is 3. The molecule has 7 heterocycles. The van der Waals surface area contributed by atoms with Gasteiger partial charge < -0.3 is 14.4 Å². The number of amides is 5. The number of piperidine rings is 1. The summed E-state index contributed by atoms with van der Waals surface area (Å²) in [4.78, 5) is 71.4. The SMILES string of the molecule is O=C1CCN(c2cccc(CN3CCC(N4CCN(c5ccc(-c6cc(F)c7c(c6)C(=O)N(C(C(=O)Nc6nccs6)c6ncn8c6CCC8)C7)cc5)CC4)CC3)c2)C(=O)N1. The Balaban J connectivity index is 0.752. The third-order valence-corrected chi connectivity index (χ3v) is 13.6. The minimum absolute atomic E-state index is 0.0339. The topological polar surface area (TPSA) is 139 Å². The number of carbonyl (C=O) groups is 4. The van der Waals surface area contributed by atoms with Crippen LogP contribution in [0.5, 0.6) is 0 Å². The molecule has 3 saturated heterocycles. The van der Waals surface area contributed by atoms with Gasteiger partial charge in [-0.3, -0.25) is 39.7 Å². The Morgan fingerprint density at radius 3 is 2.48 bits per heavy atom. The highest BCUT2D eigenvalue weighted by molar-refractivity contribution is 7.13. The lowest BCUT2D eigenvalue weighted by Crippen LogP contribution is -2.53. The van der Waals surface area contributed by atoms with E-state index in [1.165, 1.54) is 22.3 Å². The number of hydrogen-bond donors (Lipinski definition) is 2. The van der Waals surface area contributed by atoms with Crippen LogP contribution in [-0.4, -0.2) is 105 Å². The number of imidazole rings is 1. The molecule has 10 rings (SSSR count). The van der Waals surface area contributed by atoms with Gasteiger partial charge in [0.1, 0.15) is 5.82 Å². The van der Waals surface area contributed by atoms with E-state index in [1.54, 1.807) is 28.9 Å². The smallest absolute Gasteiger partial charge is 0.328 e. The molecule has 1 atom stereocenters. The zero-order chi connectivity index (χ0) is 41.6. The van der Waals surface area contributed by atoms with Crippen LogP contribution < -0.4 is 20.4 Å². The fraction of sp³-hybridized carbons (Fsp3) is 0.378. The van der Waals surface area contributed by atoms with Crippen molar-refractivity contribution in [3.05, 3.63) is 112 Å². The van der Waals surface area contributed by atoms with Gasteiger partial charge in [0.25, 0.3) is 11.8 Å². The Labute approximate surface area is 357 Å². The quantitative estimate of drug-likeness (QED) is 0.183. The standard InChI is InChI=1S/C45H47FN10O4S/c46-37-25-31(24-35-36(37)27-56(43(35)59)41(42(58)50-44-47-13-22-61-44)40-38-5-2-14-54(38)28-48-40)30-6-8-32(9-7-30)52-18-20-53(21-19-52)33-10-15-51(16-11-33)26-29-3-1-4-34(23-29)55-17-12-39(57)49-45(55)60/h1,3-4,6-9,13,22-25,28,33,41H,2,5,10-12,14-21,26-27H2,(H,47,50,58)(H,49,57,60). The van der Waals surface area contributed by atoms with Crippen LogP contribution in [0.1, 0.15) is 64.6 Å². The second kappa shape index (κ2) is 16.5. The number of urea groups is 1. The van der Waals surface area contributed by atoms with Crippen molar-refractivity contribution in [3.63, 3.8) is 0 Å². The normalized spacial score (nSPS) is 19.3. The Morgan fingerprint density at radius 1 is 0.885 bits per heavy atom.